The number of carbonyl (C=O) groups excluding carboxylic acids is 3. The summed E-state index contributed by atoms with van der Waals surface area (Å²) in [6.07, 6.45) is 5.16. The molecule has 0 spiro atoms. The minimum absolute atomic E-state index is 0.0552. The van der Waals surface area contributed by atoms with E-state index in [0.717, 1.165) is 10.8 Å². The van der Waals surface area contributed by atoms with Crippen LogP contribution in [-0.4, -0.2) is 57.6 Å². The first kappa shape index (κ1) is 29.2. The molecular formula is C28H27ClFN7O4. The summed E-state index contributed by atoms with van der Waals surface area (Å²) in [6, 6.07) is 12.1. The zero-order valence-corrected chi connectivity index (χ0v) is 22.8. The normalized spacial score (nSPS) is 11.4. The van der Waals surface area contributed by atoms with Crippen LogP contribution < -0.4 is 16.0 Å². The maximum atomic E-state index is 13.8. The van der Waals surface area contributed by atoms with Gasteiger partial charge >= 0.3 is 12.1 Å². The molecular weight excluding hydrogens is 553 g/mol. The Labute approximate surface area is 240 Å². The molecule has 0 aliphatic carbocycles. The molecule has 0 radical (unpaired) electrons. The maximum absolute atomic E-state index is 13.8. The molecule has 0 aliphatic heterocycles. The number of hydrogen-bond acceptors (Lipinski definition) is 7. The topological polar surface area (TPSA) is 138 Å². The van der Waals surface area contributed by atoms with Crippen molar-refractivity contribution in [1.29, 1.82) is 0 Å². The van der Waals surface area contributed by atoms with E-state index in [1.54, 1.807) is 18.3 Å². The fourth-order valence-corrected chi connectivity index (χ4v) is 4.01. The van der Waals surface area contributed by atoms with Crippen molar-refractivity contribution in [2.45, 2.75) is 25.6 Å². The van der Waals surface area contributed by atoms with Gasteiger partial charge in [0.1, 0.15) is 18.2 Å². The number of halogens is 2. The van der Waals surface area contributed by atoms with Crippen molar-refractivity contribution >= 4 is 46.2 Å². The smallest absolute Gasteiger partial charge is 0.412 e. The second kappa shape index (κ2) is 14.0. The van der Waals surface area contributed by atoms with Crippen molar-refractivity contribution in [3.8, 4) is 0 Å². The number of nitrogens with one attached hydrogen (secondary N) is 3. The number of benzene rings is 2. The Hall–Kier alpha value is -4.84. The van der Waals surface area contributed by atoms with E-state index < -0.39 is 29.9 Å². The summed E-state index contributed by atoms with van der Waals surface area (Å²) >= 11 is 5.98. The number of hydrogen-bond donors (Lipinski definition) is 3. The van der Waals surface area contributed by atoms with E-state index in [-0.39, 0.29) is 37.0 Å². The number of fused-ring (bicyclic) bond motifs is 1. The summed E-state index contributed by atoms with van der Waals surface area (Å²) in [5, 5.41) is 9.60. The van der Waals surface area contributed by atoms with E-state index in [4.69, 9.17) is 16.3 Å². The van der Waals surface area contributed by atoms with Crippen LogP contribution in [0.5, 0.6) is 0 Å². The summed E-state index contributed by atoms with van der Waals surface area (Å²) in [6.45, 7) is -0.231. The van der Waals surface area contributed by atoms with Gasteiger partial charge in [0.05, 0.1) is 35.9 Å². The zero-order valence-electron chi connectivity index (χ0n) is 22.0. The van der Waals surface area contributed by atoms with Gasteiger partial charge in [0.15, 0.2) is 0 Å². The van der Waals surface area contributed by atoms with Gasteiger partial charge in [0.25, 0.3) is 0 Å². The number of carbonyl (C=O) groups is 3. The maximum Gasteiger partial charge on any atom is 0.412 e. The molecule has 0 fully saturated rings. The molecule has 13 heteroatoms. The molecule has 2 heterocycles. The molecule has 0 unspecified atom stereocenters. The van der Waals surface area contributed by atoms with Crippen LogP contribution in [0.15, 0.2) is 73.3 Å². The van der Waals surface area contributed by atoms with E-state index in [0.29, 0.717) is 11.3 Å². The lowest BCUT2D eigenvalue weighted by Crippen LogP contribution is -2.47. The van der Waals surface area contributed by atoms with Crippen LogP contribution in [0, 0.1) is 5.82 Å². The van der Waals surface area contributed by atoms with Crippen molar-refractivity contribution in [3.05, 3.63) is 95.4 Å². The van der Waals surface area contributed by atoms with E-state index in [1.165, 1.54) is 42.7 Å². The number of aromatic nitrogens is 3. The third-order valence-corrected chi connectivity index (χ3v) is 6.53. The number of rotatable bonds is 10. The van der Waals surface area contributed by atoms with Gasteiger partial charge in [-0.3, -0.25) is 20.1 Å². The SMILES string of the molecule is CN(C(=O)NCc1cccc(F)c1Cl)[C@@H](COC(=O)Nc1cc2ccccc2cn1)CC(=O)NCc1cnccn1. The van der Waals surface area contributed by atoms with Gasteiger partial charge in [-0.15, -0.1) is 0 Å². The zero-order chi connectivity index (χ0) is 29.2. The predicted molar refractivity (Wildman–Crippen MR) is 150 cm³/mol. The van der Waals surface area contributed by atoms with E-state index >= 15 is 0 Å². The molecule has 4 aromatic rings. The molecule has 4 rings (SSSR count). The van der Waals surface area contributed by atoms with Crippen LogP contribution in [0.4, 0.5) is 19.8 Å². The molecule has 2 aromatic carbocycles. The fourth-order valence-electron chi connectivity index (χ4n) is 3.82. The number of urea groups is 1. The number of nitrogens with zero attached hydrogens (tertiary/aromatic N) is 4. The summed E-state index contributed by atoms with van der Waals surface area (Å²) in [5.74, 6) is -0.733. The number of ether oxygens (including phenoxy) is 1. The number of likely N-dealkylation sites (N-methyl/N-ethyl adjacent to an activating group) is 1. The Balaban J connectivity index is 1.38. The van der Waals surface area contributed by atoms with Crippen LogP contribution in [0.25, 0.3) is 10.8 Å². The lowest BCUT2D eigenvalue weighted by molar-refractivity contribution is -0.122. The highest BCUT2D eigenvalue weighted by molar-refractivity contribution is 6.31. The van der Waals surface area contributed by atoms with Crippen LogP contribution >= 0.6 is 11.6 Å². The highest BCUT2D eigenvalue weighted by Gasteiger charge is 2.25. The first-order valence-corrected chi connectivity index (χ1v) is 12.9. The molecule has 11 nitrogen and oxygen atoms in total. The quantitative estimate of drug-likeness (QED) is 0.255. The molecule has 41 heavy (non-hydrogen) atoms. The van der Waals surface area contributed by atoms with Crippen molar-refractivity contribution in [3.63, 3.8) is 0 Å². The Morgan fingerprint density at radius 1 is 1.00 bits per heavy atom. The molecule has 2 aromatic heterocycles. The predicted octanol–water partition coefficient (Wildman–Crippen LogP) is 4.28. The van der Waals surface area contributed by atoms with Crippen molar-refractivity contribution in [1.82, 2.24) is 30.5 Å². The van der Waals surface area contributed by atoms with E-state index in [2.05, 4.69) is 30.9 Å². The fraction of sp³-hybridized carbons (Fsp3) is 0.214. The van der Waals surface area contributed by atoms with E-state index in [9.17, 15) is 18.8 Å². The first-order valence-electron chi connectivity index (χ1n) is 12.5. The first-order chi connectivity index (χ1) is 19.8. The molecule has 1 atom stereocenters. The van der Waals surface area contributed by atoms with Gasteiger partial charge in [-0.1, -0.05) is 48.0 Å². The lowest BCUT2D eigenvalue weighted by atomic mass is 10.2. The minimum Gasteiger partial charge on any atom is -0.447 e. The number of anilines is 1. The second-order valence-electron chi connectivity index (χ2n) is 8.95. The molecule has 3 N–H and O–H groups in total. The summed E-state index contributed by atoms with van der Waals surface area (Å²) in [4.78, 5) is 51.7. The average molecular weight is 580 g/mol. The van der Waals surface area contributed by atoms with Crippen molar-refractivity contribution in [2.75, 3.05) is 19.0 Å². The minimum atomic E-state index is -0.852. The highest BCUT2D eigenvalue weighted by Crippen LogP contribution is 2.20. The molecule has 0 saturated carbocycles. The standard InChI is InChI=1S/C28H27ClFN7O4/c1-37(27(39)35-14-20-7-4-8-23(30)26(20)29)22(12-25(38)34-16-21-15-31-9-10-32-21)17-41-28(40)36-24-11-18-5-2-3-6-19(18)13-33-24/h2-11,13,15,22H,12,14,16-17H2,1H3,(H,34,38)(H,35,39)(H,33,36,40)/t22-/m1/s1. The molecule has 0 saturated heterocycles. The molecule has 0 aliphatic rings. The number of amides is 4. The Bertz CT molecular complexity index is 1530. The second-order valence-corrected chi connectivity index (χ2v) is 9.33. The van der Waals surface area contributed by atoms with Crippen molar-refractivity contribution in [2.24, 2.45) is 0 Å². The van der Waals surface area contributed by atoms with Crippen molar-refractivity contribution < 1.29 is 23.5 Å². The molecule has 4 amide bonds. The highest BCUT2D eigenvalue weighted by atomic mass is 35.5. The third-order valence-electron chi connectivity index (χ3n) is 6.10. The van der Waals surface area contributed by atoms with Crippen LogP contribution in [-0.2, 0) is 22.6 Å². The van der Waals surface area contributed by atoms with Crippen LogP contribution in [0.3, 0.4) is 0 Å². The monoisotopic (exact) mass is 579 g/mol. The summed E-state index contributed by atoms with van der Waals surface area (Å²) < 4.78 is 19.1. The van der Waals surface area contributed by atoms with Gasteiger partial charge in [-0.05, 0) is 23.1 Å². The van der Waals surface area contributed by atoms with E-state index in [1.807, 2.05) is 24.3 Å². The molecule has 212 valence electrons. The lowest BCUT2D eigenvalue weighted by Gasteiger charge is -2.28. The summed E-state index contributed by atoms with van der Waals surface area (Å²) in [5.41, 5.74) is 0.930. The van der Waals surface area contributed by atoms with Gasteiger partial charge in [-0.2, -0.15) is 0 Å². The summed E-state index contributed by atoms with van der Waals surface area (Å²) in [7, 11) is 1.45. The molecule has 0 bridgehead atoms. The van der Waals surface area contributed by atoms with Gasteiger partial charge in [0.2, 0.25) is 5.91 Å². The van der Waals surface area contributed by atoms with Gasteiger partial charge in [-0.25, -0.2) is 19.0 Å². The Morgan fingerprint density at radius 2 is 1.80 bits per heavy atom. The van der Waals surface area contributed by atoms with Crippen LogP contribution in [0.1, 0.15) is 17.7 Å². The van der Waals surface area contributed by atoms with Gasteiger partial charge in [0, 0.05) is 37.6 Å². The largest absolute Gasteiger partial charge is 0.447 e. The van der Waals surface area contributed by atoms with Gasteiger partial charge < -0.3 is 20.3 Å². The Morgan fingerprint density at radius 3 is 2.59 bits per heavy atom. The third kappa shape index (κ3) is 8.32. The average Bonchev–Trinajstić information content (AvgIpc) is 2.99. The Kier molecular flexibility index (Phi) is 9.94. The number of pyridine rings is 1. The van der Waals surface area contributed by atoms with Crippen LogP contribution in [0.2, 0.25) is 5.02 Å².